The van der Waals surface area contributed by atoms with Crippen LogP contribution in [0, 0.1) is 11.8 Å². The molecule has 1 saturated carbocycles. The predicted molar refractivity (Wildman–Crippen MR) is 69.4 cm³/mol. The minimum Gasteiger partial charge on any atom is -0.481 e. The maximum atomic E-state index is 12.3. The van der Waals surface area contributed by atoms with Crippen LogP contribution in [0.4, 0.5) is 4.79 Å². The van der Waals surface area contributed by atoms with E-state index in [1.807, 2.05) is 18.7 Å². The quantitative estimate of drug-likeness (QED) is 0.756. The maximum Gasteiger partial charge on any atom is 0.320 e. The highest BCUT2D eigenvalue weighted by Crippen LogP contribution is 2.29. The molecule has 1 unspecified atom stereocenters. The molecule has 1 aliphatic rings. The zero-order chi connectivity index (χ0) is 13.7. The van der Waals surface area contributed by atoms with Gasteiger partial charge in [0.2, 0.25) is 0 Å². The summed E-state index contributed by atoms with van der Waals surface area (Å²) in [6, 6.07) is -0.0278. The molecule has 1 fully saturated rings. The molecule has 2 amide bonds. The molecule has 1 atom stereocenters. The number of carbonyl (C=O) groups excluding carboxylic acids is 1. The first-order valence-electron chi connectivity index (χ1n) is 6.76. The van der Waals surface area contributed by atoms with Gasteiger partial charge in [0.1, 0.15) is 0 Å². The smallest absolute Gasteiger partial charge is 0.320 e. The first kappa shape index (κ1) is 14.8. The van der Waals surface area contributed by atoms with Crippen LogP contribution < -0.4 is 0 Å². The monoisotopic (exact) mass is 256 g/mol. The molecule has 5 nitrogen and oxygen atoms in total. The van der Waals surface area contributed by atoms with Crippen LogP contribution in [-0.4, -0.2) is 53.1 Å². The van der Waals surface area contributed by atoms with Gasteiger partial charge in [-0.15, -0.1) is 0 Å². The van der Waals surface area contributed by atoms with Crippen LogP contribution in [0.25, 0.3) is 0 Å². The van der Waals surface area contributed by atoms with Gasteiger partial charge in [0.15, 0.2) is 0 Å². The molecule has 18 heavy (non-hydrogen) atoms. The first-order chi connectivity index (χ1) is 8.49. The summed E-state index contributed by atoms with van der Waals surface area (Å²) in [6.45, 7) is 7.83. The van der Waals surface area contributed by atoms with E-state index in [9.17, 15) is 9.59 Å². The number of hydrogen-bond acceptors (Lipinski definition) is 2. The molecular formula is C13H24N2O3. The van der Waals surface area contributed by atoms with Gasteiger partial charge >= 0.3 is 12.0 Å². The van der Waals surface area contributed by atoms with Gasteiger partial charge in [0, 0.05) is 26.2 Å². The Kier molecular flexibility index (Phi) is 5.44. The van der Waals surface area contributed by atoms with Gasteiger partial charge < -0.3 is 14.9 Å². The number of carboxylic acid groups (broad SMARTS) is 1. The molecule has 0 aromatic heterocycles. The van der Waals surface area contributed by atoms with Crippen LogP contribution in [-0.2, 0) is 4.79 Å². The summed E-state index contributed by atoms with van der Waals surface area (Å²) in [5.41, 5.74) is 0. The normalized spacial score (nSPS) is 16.2. The zero-order valence-corrected chi connectivity index (χ0v) is 11.6. The number of nitrogens with zero attached hydrogens (tertiary/aromatic N) is 2. The predicted octanol–water partition coefficient (Wildman–Crippen LogP) is 1.88. The Morgan fingerprint density at radius 2 is 1.78 bits per heavy atom. The third-order valence-electron chi connectivity index (χ3n) is 3.40. The van der Waals surface area contributed by atoms with E-state index >= 15 is 0 Å². The van der Waals surface area contributed by atoms with Crippen molar-refractivity contribution in [1.82, 2.24) is 9.80 Å². The third kappa shape index (κ3) is 4.20. The fourth-order valence-corrected chi connectivity index (χ4v) is 1.91. The SMILES string of the molecule is CCN(CC1CC1)C(=O)N(CC)CC(C)C(=O)O. The Balaban J connectivity index is 2.55. The molecule has 0 saturated heterocycles. The summed E-state index contributed by atoms with van der Waals surface area (Å²) in [5.74, 6) is -0.718. The largest absolute Gasteiger partial charge is 0.481 e. The summed E-state index contributed by atoms with van der Waals surface area (Å²) in [5, 5.41) is 8.91. The lowest BCUT2D eigenvalue weighted by molar-refractivity contribution is -0.141. The van der Waals surface area contributed by atoms with Crippen molar-refractivity contribution in [2.75, 3.05) is 26.2 Å². The Bertz CT molecular complexity index is 303. The Labute approximate surface area is 109 Å². The number of urea groups is 1. The molecule has 0 aromatic rings. The van der Waals surface area contributed by atoms with E-state index in [4.69, 9.17) is 5.11 Å². The third-order valence-corrected chi connectivity index (χ3v) is 3.40. The fourth-order valence-electron chi connectivity index (χ4n) is 1.91. The topological polar surface area (TPSA) is 60.9 Å². The van der Waals surface area contributed by atoms with Crippen molar-refractivity contribution in [3.8, 4) is 0 Å². The number of hydrogen-bond donors (Lipinski definition) is 1. The van der Waals surface area contributed by atoms with Gasteiger partial charge in [-0.2, -0.15) is 0 Å². The van der Waals surface area contributed by atoms with E-state index in [0.29, 0.717) is 19.0 Å². The van der Waals surface area contributed by atoms with E-state index in [1.165, 1.54) is 12.8 Å². The highest BCUT2D eigenvalue weighted by Gasteiger charge is 2.28. The van der Waals surface area contributed by atoms with E-state index < -0.39 is 11.9 Å². The number of carbonyl (C=O) groups is 2. The summed E-state index contributed by atoms with van der Waals surface area (Å²) in [4.78, 5) is 26.6. The Morgan fingerprint density at radius 1 is 1.22 bits per heavy atom. The molecule has 0 radical (unpaired) electrons. The average molecular weight is 256 g/mol. The average Bonchev–Trinajstić information content (AvgIpc) is 3.15. The summed E-state index contributed by atoms with van der Waals surface area (Å²) in [7, 11) is 0. The molecule has 0 bridgehead atoms. The molecular weight excluding hydrogens is 232 g/mol. The highest BCUT2D eigenvalue weighted by molar-refractivity contribution is 5.76. The molecule has 0 aromatic carbocycles. The number of carboxylic acids is 1. The van der Waals surface area contributed by atoms with Crippen molar-refractivity contribution in [2.45, 2.75) is 33.6 Å². The molecule has 1 N–H and O–H groups in total. The molecule has 104 valence electrons. The lowest BCUT2D eigenvalue weighted by Crippen LogP contribution is -2.46. The van der Waals surface area contributed by atoms with Crippen molar-refractivity contribution >= 4 is 12.0 Å². The van der Waals surface area contributed by atoms with Crippen molar-refractivity contribution in [1.29, 1.82) is 0 Å². The molecule has 0 heterocycles. The second-order valence-corrected chi connectivity index (χ2v) is 5.04. The second kappa shape index (κ2) is 6.61. The summed E-state index contributed by atoms with van der Waals surface area (Å²) < 4.78 is 0. The van der Waals surface area contributed by atoms with Gasteiger partial charge in [-0.25, -0.2) is 4.79 Å². The summed E-state index contributed by atoms with van der Waals surface area (Å²) in [6.07, 6.45) is 2.42. The van der Waals surface area contributed by atoms with Crippen LogP contribution in [0.1, 0.15) is 33.6 Å². The van der Waals surface area contributed by atoms with Crippen LogP contribution in [0.3, 0.4) is 0 Å². The minimum atomic E-state index is -0.855. The van der Waals surface area contributed by atoms with Gasteiger partial charge in [-0.05, 0) is 32.6 Å². The number of rotatable bonds is 7. The molecule has 0 spiro atoms. The van der Waals surface area contributed by atoms with Crippen molar-refractivity contribution in [3.05, 3.63) is 0 Å². The second-order valence-electron chi connectivity index (χ2n) is 5.04. The maximum absolute atomic E-state index is 12.3. The lowest BCUT2D eigenvalue weighted by atomic mass is 10.2. The number of amides is 2. The Morgan fingerprint density at radius 3 is 2.17 bits per heavy atom. The van der Waals surface area contributed by atoms with Crippen LogP contribution in [0.15, 0.2) is 0 Å². The first-order valence-corrected chi connectivity index (χ1v) is 6.76. The Hall–Kier alpha value is -1.26. The van der Waals surface area contributed by atoms with Gasteiger partial charge in [0.05, 0.1) is 5.92 Å². The van der Waals surface area contributed by atoms with E-state index in [1.54, 1.807) is 11.8 Å². The highest BCUT2D eigenvalue weighted by atomic mass is 16.4. The van der Waals surface area contributed by atoms with Crippen LogP contribution in [0.2, 0.25) is 0 Å². The number of aliphatic carboxylic acids is 1. The van der Waals surface area contributed by atoms with Gasteiger partial charge in [0.25, 0.3) is 0 Å². The molecule has 1 aliphatic carbocycles. The lowest BCUT2D eigenvalue weighted by Gasteiger charge is -2.30. The van der Waals surface area contributed by atoms with Crippen molar-refractivity contribution in [2.24, 2.45) is 11.8 Å². The molecule has 0 aliphatic heterocycles. The zero-order valence-electron chi connectivity index (χ0n) is 11.6. The van der Waals surface area contributed by atoms with E-state index in [-0.39, 0.29) is 12.6 Å². The van der Waals surface area contributed by atoms with Gasteiger partial charge in [-0.3, -0.25) is 4.79 Å². The van der Waals surface area contributed by atoms with Gasteiger partial charge in [-0.1, -0.05) is 6.92 Å². The van der Waals surface area contributed by atoms with Crippen LogP contribution in [0.5, 0.6) is 0 Å². The summed E-state index contributed by atoms with van der Waals surface area (Å²) >= 11 is 0. The van der Waals surface area contributed by atoms with E-state index in [2.05, 4.69) is 0 Å². The van der Waals surface area contributed by atoms with E-state index in [0.717, 1.165) is 6.54 Å². The molecule has 1 rings (SSSR count). The standard InChI is InChI=1S/C13H24N2O3/c1-4-14(8-10(3)12(16)17)13(18)15(5-2)9-11-6-7-11/h10-11H,4-9H2,1-3H3,(H,16,17). The van der Waals surface area contributed by atoms with Crippen LogP contribution >= 0.6 is 0 Å². The fraction of sp³-hybridized carbons (Fsp3) is 0.846. The van der Waals surface area contributed by atoms with Crippen molar-refractivity contribution < 1.29 is 14.7 Å². The molecule has 5 heteroatoms. The minimum absolute atomic E-state index is 0.0278. The van der Waals surface area contributed by atoms with Crippen molar-refractivity contribution in [3.63, 3.8) is 0 Å².